The Morgan fingerprint density at radius 3 is 1.10 bits per heavy atom. The van der Waals surface area contributed by atoms with Crippen molar-refractivity contribution in [2.24, 2.45) is 21.1 Å². The van der Waals surface area contributed by atoms with Crippen molar-refractivity contribution >= 4 is 0 Å². The van der Waals surface area contributed by atoms with Gasteiger partial charge >= 0.3 is 6.33 Å². The minimum Gasteiger partial charge on any atom is -0.619 e. The largest absolute Gasteiger partial charge is 0.619 e. The van der Waals surface area contributed by atoms with Crippen LogP contribution in [0.5, 0.6) is 0 Å². The van der Waals surface area contributed by atoms with Gasteiger partial charge in [-0.2, -0.15) is 9.30 Å². The molecule has 0 aliphatic rings. The fraction of sp³-hybridized carbons (Fsp3) is 0.541. The van der Waals surface area contributed by atoms with E-state index in [-0.39, 0.29) is 0 Å². The normalized spacial score (nSPS) is 7.06. The molecule has 0 atom stereocenters. The minimum absolute atomic E-state index is 0.750. The Balaban J connectivity index is -0.0000000645. The van der Waals surface area contributed by atoms with Crippen LogP contribution in [0.1, 0.15) is 117 Å². The summed E-state index contributed by atoms with van der Waals surface area (Å²) in [5.74, 6) is 0. The van der Waals surface area contributed by atoms with Crippen LogP contribution in [0.25, 0.3) is 0 Å². The summed E-state index contributed by atoms with van der Waals surface area (Å²) in [5.41, 5.74) is 0. The molecule has 0 bridgehead atoms. The maximum atomic E-state index is 10.5. The predicted molar refractivity (Wildman–Crippen MR) is 205 cm³/mol. The number of aromatic nitrogens is 7. The van der Waals surface area contributed by atoms with Crippen LogP contribution >= 0.6 is 0 Å². The molecule has 0 saturated carbocycles. The van der Waals surface area contributed by atoms with Crippen LogP contribution in [-0.4, -0.2) is 9.25 Å². The fourth-order valence-corrected chi connectivity index (χ4v) is 1.81. The van der Waals surface area contributed by atoms with Crippen LogP contribution in [0.2, 0.25) is 0 Å². The third-order valence-corrected chi connectivity index (χ3v) is 3.37. The van der Waals surface area contributed by atoms with E-state index in [4.69, 9.17) is 0 Å². The van der Waals surface area contributed by atoms with Crippen LogP contribution in [0.4, 0.5) is 0 Å². The van der Waals surface area contributed by atoms with Crippen molar-refractivity contribution in [2.75, 3.05) is 0 Å². The monoisotopic (exact) mass is 683 g/mol. The van der Waals surface area contributed by atoms with Gasteiger partial charge in [-0.05, 0) is 6.07 Å². The number of hydrogen-bond donors (Lipinski definition) is 0. The van der Waals surface area contributed by atoms with Crippen LogP contribution in [0.3, 0.4) is 0 Å². The van der Waals surface area contributed by atoms with E-state index in [1.807, 2.05) is 104 Å². The van der Waals surface area contributed by atoms with Gasteiger partial charge in [-0.15, -0.1) is 9.41 Å². The van der Waals surface area contributed by atoms with Crippen molar-refractivity contribution in [3.05, 3.63) is 125 Å². The Hall–Kier alpha value is -4.41. The first-order chi connectivity index (χ1) is 23.2. The number of nitrogens with zero attached hydrogens (tertiary/aromatic N) is 7. The molecule has 4 heterocycles. The summed E-state index contributed by atoms with van der Waals surface area (Å²) < 4.78 is 7.93. The minimum atomic E-state index is 0.750. The van der Waals surface area contributed by atoms with Gasteiger partial charge in [-0.25, -0.2) is 0 Å². The molecule has 0 aliphatic heterocycles. The second kappa shape index (κ2) is 61.6. The van der Waals surface area contributed by atoms with Gasteiger partial charge in [0.1, 0.15) is 7.05 Å². The SMILES string of the molecule is CC.CC.CC.CC.CC.CC.CC.CCC.C[n+]1ccc[n+]([O-])c1.Cn1cc[n+](=O)cc1.Cn1cccc[n+]1=O.[O-][n+]1ccccc1. The van der Waals surface area contributed by atoms with E-state index >= 15 is 0 Å². The fourth-order valence-electron chi connectivity index (χ4n) is 1.81. The molecule has 0 aromatic carbocycles. The Kier molecular flexibility index (Phi) is 80.1. The molecule has 0 saturated heterocycles. The molecule has 0 amide bonds. The van der Waals surface area contributed by atoms with Gasteiger partial charge in [0, 0.05) is 30.2 Å². The zero-order valence-corrected chi connectivity index (χ0v) is 34.3. The Labute approximate surface area is 295 Å². The molecule has 0 aliphatic carbocycles. The van der Waals surface area contributed by atoms with E-state index in [0.717, 1.165) is 18.4 Å². The highest BCUT2D eigenvalue weighted by atomic mass is 16.5. The van der Waals surface area contributed by atoms with Crippen molar-refractivity contribution in [1.82, 2.24) is 9.25 Å². The second-order valence-electron chi connectivity index (χ2n) is 6.75. The van der Waals surface area contributed by atoms with Gasteiger partial charge in [-0.3, -0.25) is 0 Å². The summed E-state index contributed by atoms with van der Waals surface area (Å²) in [6, 6.07) is 10.4. The van der Waals surface area contributed by atoms with Crippen LogP contribution < -0.4 is 23.0 Å². The van der Waals surface area contributed by atoms with E-state index in [2.05, 4.69) is 13.8 Å². The third-order valence-electron chi connectivity index (χ3n) is 3.37. The van der Waals surface area contributed by atoms with Crippen molar-refractivity contribution in [2.45, 2.75) is 117 Å². The van der Waals surface area contributed by atoms with Crippen LogP contribution in [0.15, 0.2) is 105 Å². The molecule has 4 aromatic rings. The lowest BCUT2D eigenvalue weighted by atomic mass is 10.5. The second-order valence-corrected chi connectivity index (χ2v) is 6.75. The molecule has 4 aromatic heterocycles. The smallest absolute Gasteiger partial charge is 0.417 e. The quantitative estimate of drug-likeness (QED) is 0.138. The average molecular weight is 683 g/mol. The van der Waals surface area contributed by atoms with E-state index in [1.165, 1.54) is 54.6 Å². The number of hydrogen-bond acceptors (Lipinski definition) is 4. The van der Waals surface area contributed by atoms with Crippen LogP contribution in [0, 0.1) is 20.2 Å². The van der Waals surface area contributed by atoms with E-state index in [9.17, 15) is 20.2 Å². The average Bonchev–Trinajstić information content (AvgIpc) is 3.15. The molecule has 0 radical (unpaired) electrons. The van der Waals surface area contributed by atoms with Gasteiger partial charge in [0.25, 0.3) is 6.20 Å². The first-order valence-electron chi connectivity index (χ1n) is 17.5. The molecule has 11 nitrogen and oxygen atoms in total. The molecule has 0 unspecified atom stereocenters. The topological polar surface area (TPSA) is 114 Å². The van der Waals surface area contributed by atoms with E-state index in [0.29, 0.717) is 0 Å². The summed E-state index contributed by atoms with van der Waals surface area (Å²) in [6.45, 7) is 32.2. The standard InChI is InChI=1S/3C5H7N2O.C5H5NO.C3H8.7C2H6/c1-6-2-4-7(8)5-3-6;1-6-3-2-4-7(8)5-6;1-6-4-2-3-5-7(6)8;7-6-4-2-1-3-5-6;1-3-2;7*1-2/h3*2-5H,1H3;1-5H;3H2,1-2H3;7*1-2H3/q3*+1;;;;;;;;;. The summed E-state index contributed by atoms with van der Waals surface area (Å²) in [6.07, 6.45) is 18.2. The Morgan fingerprint density at radius 1 is 0.500 bits per heavy atom. The first kappa shape index (κ1) is 62.4. The number of aryl methyl sites for hydroxylation is 3. The third kappa shape index (κ3) is 57.3. The lowest BCUT2D eigenvalue weighted by Crippen LogP contribution is -2.40. The molecule has 11 heteroatoms. The molecule has 4 rings (SSSR count). The predicted octanol–water partition coefficient (Wildman–Crippen LogP) is 7.94. The zero-order chi connectivity index (χ0) is 39.8. The molecule has 0 N–H and O–H groups in total. The van der Waals surface area contributed by atoms with Gasteiger partial charge in [0.15, 0.2) is 29.3 Å². The van der Waals surface area contributed by atoms with E-state index < -0.39 is 0 Å². The Morgan fingerprint density at radius 2 is 0.875 bits per heavy atom. The maximum absolute atomic E-state index is 10.5. The molecule has 48 heavy (non-hydrogen) atoms. The van der Waals surface area contributed by atoms with Crippen molar-refractivity contribution < 1.29 is 23.0 Å². The lowest BCUT2D eigenvalue weighted by molar-refractivity contribution is -0.778. The molecular weight excluding hydrogens is 606 g/mol. The van der Waals surface area contributed by atoms with Crippen molar-refractivity contribution in [3.8, 4) is 0 Å². The molecule has 0 fully saturated rings. The maximum Gasteiger partial charge on any atom is 0.417 e. The zero-order valence-electron chi connectivity index (χ0n) is 34.3. The summed E-state index contributed by atoms with van der Waals surface area (Å²) in [7, 11) is 5.35. The lowest BCUT2D eigenvalue weighted by Gasteiger charge is -1.88. The molecule has 0 spiro atoms. The summed E-state index contributed by atoms with van der Waals surface area (Å²) in [5, 5.41) is 20.6. The van der Waals surface area contributed by atoms with Crippen molar-refractivity contribution in [3.63, 3.8) is 0 Å². The number of pyridine rings is 1. The Bertz CT molecular complexity index is 1130. The van der Waals surface area contributed by atoms with E-state index in [1.54, 1.807) is 84.4 Å². The molecular formula is C37H76N7O4+3. The van der Waals surface area contributed by atoms with Gasteiger partial charge in [0.2, 0.25) is 12.4 Å². The summed E-state index contributed by atoms with van der Waals surface area (Å²) >= 11 is 0. The summed E-state index contributed by atoms with van der Waals surface area (Å²) in [4.78, 5) is 20.8. The highest BCUT2D eigenvalue weighted by molar-refractivity contribution is 4.83. The molecule has 280 valence electrons. The first-order valence-corrected chi connectivity index (χ1v) is 17.5. The highest BCUT2D eigenvalue weighted by Gasteiger charge is 1.92. The number of rotatable bonds is 0. The van der Waals surface area contributed by atoms with Crippen LogP contribution in [-0.2, 0) is 21.1 Å². The van der Waals surface area contributed by atoms with Gasteiger partial charge in [-0.1, -0.05) is 123 Å². The van der Waals surface area contributed by atoms with Gasteiger partial charge in [0.05, 0.1) is 41.0 Å². The highest BCUT2D eigenvalue weighted by Crippen LogP contribution is 1.73. The van der Waals surface area contributed by atoms with Crippen molar-refractivity contribution in [1.29, 1.82) is 0 Å². The van der Waals surface area contributed by atoms with Gasteiger partial charge < -0.3 is 15.0 Å².